The first kappa shape index (κ1) is 19.1. The fraction of sp³-hybridized carbons (Fsp3) is 0.258. The second kappa shape index (κ2) is 6.57. The predicted octanol–water partition coefficient (Wildman–Crippen LogP) is 8.41. The molecule has 0 saturated heterocycles. The number of fused-ring (bicyclic) bond motifs is 9. The molecule has 3 aromatic carbocycles. The Labute approximate surface area is 194 Å². The van der Waals surface area contributed by atoms with Gasteiger partial charge in [-0.1, -0.05) is 61.4 Å². The minimum Gasteiger partial charge on any atom is -0.455 e. The molecule has 2 aromatic heterocycles. The summed E-state index contributed by atoms with van der Waals surface area (Å²) in [7, 11) is 0. The van der Waals surface area contributed by atoms with Crippen LogP contribution in [-0.4, -0.2) is 4.98 Å². The zero-order valence-electron chi connectivity index (χ0n) is 19.5. The molecule has 0 radical (unpaired) electrons. The van der Waals surface area contributed by atoms with Crippen LogP contribution in [0.2, 0.25) is 0 Å². The van der Waals surface area contributed by atoms with E-state index in [4.69, 9.17) is 9.40 Å². The largest absolute Gasteiger partial charge is 0.455 e. The molecule has 2 heteroatoms. The van der Waals surface area contributed by atoms with E-state index in [0.29, 0.717) is 0 Å². The number of nitrogens with zero attached hydrogens (tertiary/aromatic N) is 1. The third-order valence-corrected chi connectivity index (χ3v) is 8.33. The highest BCUT2D eigenvalue weighted by Gasteiger charge is 2.46. The van der Waals surface area contributed by atoms with Crippen molar-refractivity contribution in [3.05, 3.63) is 88.6 Å². The van der Waals surface area contributed by atoms with Gasteiger partial charge in [0.2, 0.25) is 0 Å². The van der Waals surface area contributed by atoms with E-state index < -0.39 is 0 Å². The fourth-order valence-electron chi connectivity index (χ4n) is 6.53. The lowest BCUT2D eigenvalue weighted by atomic mass is 9.77. The Morgan fingerprint density at radius 2 is 1.45 bits per heavy atom. The molecule has 33 heavy (non-hydrogen) atoms. The molecule has 2 nitrogen and oxygen atoms in total. The summed E-state index contributed by atoms with van der Waals surface area (Å²) in [5, 5.41) is 2.39. The highest BCUT2D eigenvalue weighted by Crippen LogP contribution is 2.59. The summed E-state index contributed by atoms with van der Waals surface area (Å²) < 4.78 is 6.85. The van der Waals surface area contributed by atoms with Crippen molar-refractivity contribution in [1.82, 2.24) is 4.98 Å². The molecular weight excluding hydrogens is 402 g/mol. The summed E-state index contributed by atoms with van der Waals surface area (Å²) in [5.74, 6) is 0. The van der Waals surface area contributed by atoms with Crippen LogP contribution in [0, 0.1) is 20.8 Å². The smallest absolute Gasteiger partial charge is 0.145 e. The monoisotopic (exact) mass is 429 g/mol. The lowest BCUT2D eigenvalue weighted by Crippen LogP contribution is -2.20. The van der Waals surface area contributed by atoms with E-state index in [0.717, 1.165) is 22.4 Å². The van der Waals surface area contributed by atoms with Gasteiger partial charge in [0.05, 0.1) is 5.69 Å². The van der Waals surface area contributed by atoms with Gasteiger partial charge >= 0.3 is 0 Å². The second-order valence-corrected chi connectivity index (χ2v) is 10.1. The standard InChI is InChI=1S/C31H27NO/c1-18-10-11-21-22-12-13-25-28(23-8-4-5-9-24(23)31(25)14-6-7-15-31)30(22)33-29(21)27(18)26-16-19(2)20(3)17-32-26/h4-5,8-13,16-17H,6-7,14-15H2,1-3H3. The van der Waals surface area contributed by atoms with E-state index in [2.05, 4.69) is 75.4 Å². The van der Waals surface area contributed by atoms with E-state index >= 15 is 0 Å². The number of rotatable bonds is 1. The number of hydrogen-bond acceptors (Lipinski definition) is 2. The summed E-state index contributed by atoms with van der Waals surface area (Å²) in [6.45, 7) is 6.42. The fourth-order valence-corrected chi connectivity index (χ4v) is 6.53. The van der Waals surface area contributed by atoms with Gasteiger partial charge in [-0.05, 0) is 73.1 Å². The Bertz CT molecular complexity index is 1600. The van der Waals surface area contributed by atoms with Gasteiger partial charge in [0.15, 0.2) is 0 Å². The van der Waals surface area contributed by atoms with Crippen molar-refractivity contribution in [2.45, 2.75) is 51.9 Å². The zero-order valence-corrected chi connectivity index (χ0v) is 19.5. The van der Waals surface area contributed by atoms with E-state index in [1.54, 1.807) is 0 Å². The number of hydrogen-bond donors (Lipinski definition) is 0. The van der Waals surface area contributed by atoms with Crippen LogP contribution in [0.15, 0.2) is 65.2 Å². The van der Waals surface area contributed by atoms with E-state index in [9.17, 15) is 0 Å². The molecule has 2 aliphatic rings. The van der Waals surface area contributed by atoms with Crippen LogP contribution < -0.4 is 0 Å². The summed E-state index contributed by atoms with van der Waals surface area (Å²) in [6, 6.07) is 20.3. The highest BCUT2D eigenvalue weighted by atomic mass is 16.3. The first-order valence-corrected chi connectivity index (χ1v) is 12.1. The first-order chi connectivity index (χ1) is 16.1. The van der Waals surface area contributed by atoms with Crippen LogP contribution in [0.4, 0.5) is 0 Å². The lowest BCUT2D eigenvalue weighted by molar-refractivity contribution is 0.549. The third kappa shape index (κ3) is 2.41. The normalized spacial score (nSPS) is 16.1. The van der Waals surface area contributed by atoms with Crippen LogP contribution in [0.1, 0.15) is 53.5 Å². The minimum atomic E-state index is 0.160. The van der Waals surface area contributed by atoms with Crippen molar-refractivity contribution in [2.24, 2.45) is 0 Å². The molecule has 0 amide bonds. The van der Waals surface area contributed by atoms with Gasteiger partial charge in [-0.3, -0.25) is 4.98 Å². The summed E-state index contributed by atoms with van der Waals surface area (Å²) in [4.78, 5) is 4.80. The molecule has 2 heterocycles. The molecule has 5 aromatic rings. The molecule has 0 aliphatic heterocycles. The van der Waals surface area contributed by atoms with E-state index in [1.807, 2.05) is 6.20 Å². The van der Waals surface area contributed by atoms with Crippen LogP contribution >= 0.6 is 0 Å². The van der Waals surface area contributed by atoms with E-state index in [-0.39, 0.29) is 5.41 Å². The number of aromatic nitrogens is 1. The quantitative estimate of drug-likeness (QED) is 0.267. The molecule has 162 valence electrons. The maximum atomic E-state index is 6.85. The molecule has 0 N–H and O–H groups in total. The molecule has 0 atom stereocenters. The molecule has 7 rings (SSSR count). The average molecular weight is 430 g/mol. The van der Waals surface area contributed by atoms with Gasteiger partial charge in [0, 0.05) is 33.5 Å². The molecule has 2 aliphatic carbocycles. The number of aryl methyl sites for hydroxylation is 3. The maximum absolute atomic E-state index is 6.85. The van der Waals surface area contributed by atoms with Gasteiger partial charge in [-0.2, -0.15) is 0 Å². The highest BCUT2D eigenvalue weighted by molar-refractivity contribution is 6.14. The lowest BCUT2D eigenvalue weighted by Gasteiger charge is -2.26. The molecule has 1 fully saturated rings. The number of furan rings is 1. The van der Waals surface area contributed by atoms with Gasteiger partial charge in [0.1, 0.15) is 11.2 Å². The van der Waals surface area contributed by atoms with Crippen LogP contribution in [0.3, 0.4) is 0 Å². The van der Waals surface area contributed by atoms with Crippen molar-refractivity contribution in [1.29, 1.82) is 0 Å². The van der Waals surface area contributed by atoms with Crippen molar-refractivity contribution < 1.29 is 4.42 Å². The summed E-state index contributed by atoms with van der Waals surface area (Å²) in [5.41, 5.74) is 13.6. The van der Waals surface area contributed by atoms with Crippen LogP contribution in [0.25, 0.3) is 44.3 Å². The average Bonchev–Trinajstić information content (AvgIpc) is 3.52. The SMILES string of the molecule is Cc1cnc(-c2c(C)ccc3c2oc2c4c(ccc23)C2(CCCC2)c2ccccc2-4)cc1C. The Kier molecular flexibility index (Phi) is 3.81. The predicted molar refractivity (Wildman–Crippen MR) is 136 cm³/mol. The van der Waals surface area contributed by atoms with Crippen LogP contribution in [0.5, 0.6) is 0 Å². The second-order valence-electron chi connectivity index (χ2n) is 10.1. The van der Waals surface area contributed by atoms with Gasteiger partial charge in [-0.25, -0.2) is 0 Å². The first-order valence-electron chi connectivity index (χ1n) is 12.1. The van der Waals surface area contributed by atoms with Crippen molar-refractivity contribution in [2.75, 3.05) is 0 Å². The maximum Gasteiger partial charge on any atom is 0.145 e. The Morgan fingerprint density at radius 3 is 2.24 bits per heavy atom. The van der Waals surface area contributed by atoms with E-state index in [1.165, 1.54) is 75.4 Å². The molecule has 0 unspecified atom stereocenters. The van der Waals surface area contributed by atoms with Gasteiger partial charge in [-0.15, -0.1) is 0 Å². The Balaban J connectivity index is 1.58. The Morgan fingerprint density at radius 1 is 0.727 bits per heavy atom. The van der Waals surface area contributed by atoms with Crippen molar-refractivity contribution in [3.63, 3.8) is 0 Å². The number of pyridine rings is 1. The Hall–Kier alpha value is -3.39. The summed E-state index contributed by atoms with van der Waals surface area (Å²) >= 11 is 0. The van der Waals surface area contributed by atoms with Gasteiger partial charge in [0.25, 0.3) is 0 Å². The molecule has 1 spiro atoms. The number of benzene rings is 3. The third-order valence-electron chi connectivity index (χ3n) is 8.33. The van der Waals surface area contributed by atoms with Gasteiger partial charge < -0.3 is 4.42 Å². The minimum absolute atomic E-state index is 0.160. The molecular formula is C31H27NO. The van der Waals surface area contributed by atoms with Crippen molar-refractivity contribution in [3.8, 4) is 22.4 Å². The zero-order chi connectivity index (χ0) is 22.3. The van der Waals surface area contributed by atoms with Crippen molar-refractivity contribution >= 4 is 21.9 Å². The molecule has 1 saturated carbocycles. The van der Waals surface area contributed by atoms with Crippen LogP contribution in [-0.2, 0) is 5.41 Å². The molecule has 0 bridgehead atoms. The summed E-state index contributed by atoms with van der Waals surface area (Å²) in [6.07, 6.45) is 7.05. The topological polar surface area (TPSA) is 26.0 Å².